The van der Waals surface area contributed by atoms with Crippen molar-refractivity contribution >= 4 is 11.6 Å². The van der Waals surface area contributed by atoms with E-state index in [1.807, 2.05) is 0 Å². The summed E-state index contributed by atoms with van der Waals surface area (Å²) in [6.07, 6.45) is 2.99. The first-order valence-corrected chi connectivity index (χ1v) is 7.44. The van der Waals surface area contributed by atoms with Gasteiger partial charge >= 0.3 is 0 Å². The number of nitrogens with zero attached hydrogens (tertiary/aromatic N) is 1. The van der Waals surface area contributed by atoms with Gasteiger partial charge in [-0.15, -0.1) is 0 Å². The molecular formula is C16H19ClFNO. The van der Waals surface area contributed by atoms with Crippen molar-refractivity contribution < 1.29 is 9.50 Å². The summed E-state index contributed by atoms with van der Waals surface area (Å²) in [5, 5.41) is 20.4. The molecule has 2 rings (SSSR count). The highest BCUT2D eigenvalue weighted by atomic mass is 35.5. The Balaban J connectivity index is 2.28. The Morgan fingerprint density at radius 3 is 2.70 bits per heavy atom. The number of aliphatic hydroxyl groups is 1. The Kier molecular flexibility index (Phi) is 4.67. The molecule has 1 N–H and O–H groups in total. The summed E-state index contributed by atoms with van der Waals surface area (Å²) in [4.78, 5) is 0. The number of nitriles is 1. The van der Waals surface area contributed by atoms with Crippen LogP contribution in [0.3, 0.4) is 0 Å². The quantitative estimate of drug-likeness (QED) is 0.884. The van der Waals surface area contributed by atoms with Gasteiger partial charge in [0.2, 0.25) is 0 Å². The molecular weight excluding hydrogens is 277 g/mol. The van der Waals surface area contributed by atoms with E-state index in [1.165, 1.54) is 18.2 Å². The maximum atomic E-state index is 13.9. The average molecular weight is 296 g/mol. The lowest BCUT2D eigenvalue weighted by Gasteiger charge is -2.38. The summed E-state index contributed by atoms with van der Waals surface area (Å²) in [7, 11) is 0. The summed E-state index contributed by atoms with van der Waals surface area (Å²) in [6, 6.07) is 6.35. The van der Waals surface area contributed by atoms with Crippen LogP contribution in [-0.2, 0) is 0 Å². The van der Waals surface area contributed by atoms with Crippen molar-refractivity contribution in [3.63, 3.8) is 0 Å². The number of aliphatic hydroxyl groups excluding tert-OH is 1. The minimum atomic E-state index is -1.12. The van der Waals surface area contributed by atoms with Crippen LogP contribution in [0.5, 0.6) is 0 Å². The summed E-state index contributed by atoms with van der Waals surface area (Å²) in [5.74, 6) is 0.0991. The first-order chi connectivity index (χ1) is 9.52. The molecule has 1 saturated carbocycles. The fourth-order valence-electron chi connectivity index (χ4n) is 3.07. The van der Waals surface area contributed by atoms with Crippen LogP contribution in [0.4, 0.5) is 4.39 Å². The van der Waals surface area contributed by atoms with E-state index in [2.05, 4.69) is 13.0 Å². The van der Waals surface area contributed by atoms with Gasteiger partial charge in [0.1, 0.15) is 11.9 Å². The van der Waals surface area contributed by atoms with E-state index in [1.54, 1.807) is 0 Å². The normalized spacial score (nSPS) is 27.9. The summed E-state index contributed by atoms with van der Waals surface area (Å²) in [5.41, 5.74) is -0.758. The Morgan fingerprint density at radius 1 is 1.50 bits per heavy atom. The van der Waals surface area contributed by atoms with Gasteiger partial charge in [-0.2, -0.15) is 5.26 Å². The van der Waals surface area contributed by atoms with Crippen LogP contribution >= 0.6 is 11.6 Å². The lowest BCUT2D eigenvalue weighted by Crippen LogP contribution is -2.33. The van der Waals surface area contributed by atoms with Gasteiger partial charge in [-0.3, -0.25) is 0 Å². The van der Waals surface area contributed by atoms with Crippen molar-refractivity contribution in [3.05, 3.63) is 34.6 Å². The van der Waals surface area contributed by atoms with Crippen LogP contribution < -0.4 is 0 Å². The van der Waals surface area contributed by atoms with Crippen molar-refractivity contribution in [1.29, 1.82) is 5.26 Å². The second-order valence-electron chi connectivity index (χ2n) is 5.69. The standard InChI is InChI=1S/C16H19ClFNO/c1-2-11-5-7-16(10-19,8-6-11)15(20)13-9-12(17)3-4-14(13)18/h3-4,9,11,15,20H,2,5-8H2,1H3. The van der Waals surface area contributed by atoms with Crippen molar-refractivity contribution in [2.75, 3.05) is 0 Å². The highest BCUT2D eigenvalue weighted by Crippen LogP contribution is 2.48. The fraction of sp³-hybridized carbons (Fsp3) is 0.562. The maximum absolute atomic E-state index is 13.9. The first kappa shape index (κ1) is 15.3. The first-order valence-electron chi connectivity index (χ1n) is 7.06. The number of rotatable bonds is 3. The Labute approximate surface area is 124 Å². The van der Waals surface area contributed by atoms with E-state index in [-0.39, 0.29) is 5.56 Å². The molecule has 0 radical (unpaired) electrons. The molecule has 1 aromatic carbocycles. The summed E-state index contributed by atoms with van der Waals surface area (Å²) < 4.78 is 13.9. The lowest BCUT2D eigenvalue weighted by molar-refractivity contribution is 0.0219. The molecule has 1 fully saturated rings. The van der Waals surface area contributed by atoms with Crippen LogP contribution in [0.25, 0.3) is 0 Å². The molecule has 0 bridgehead atoms. The van der Waals surface area contributed by atoms with Gasteiger partial charge in [0.25, 0.3) is 0 Å². The van der Waals surface area contributed by atoms with Gasteiger partial charge in [0.05, 0.1) is 11.5 Å². The number of hydrogen-bond donors (Lipinski definition) is 1. The molecule has 20 heavy (non-hydrogen) atoms. The fourth-order valence-corrected chi connectivity index (χ4v) is 3.25. The third-order valence-corrected chi connectivity index (χ3v) is 4.81. The topological polar surface area (TPSA) is 44.0 Å². The molecule has 1 atom stereocenters. The van der Waals surface area contributed by atoms with E-state index in [0.29, 0.717) is 23.8 Å². The molecule has 0 spiro atoms. The van der Waals surface area contributed by atoms with E-state index in [4.69, 9.17) is 11.6 Å². The van der Waals surface area contributed by atoms with E-state index < -0.39 is 17.3 Å². The van der Waals surface area contributed by atoms with Crippen LogP contribution in [0, 0.1) is 28.5 Å². The molecule has 1 aliphatic rings. The molecule has 0 aromatic heterocycles. The minimum Gasteiger partial charge on any atom is -0.387 e. The second-order valence-corrected chi connectivity index (χ2v) is 6.12. The van der Waals surface area contributed by atoms with Gasteiger partial charge in [-0.25, -0.2) is 4.39 Å². The Hall–Kier alpha value is -1.11. The van der Waals surface area contributed by atoms with E-state index in [9.17, 15) is 14.8 Å². The minimum absolute atomic E-state index is 0.133. The molecule has 0 aliphatic heterocycles. The molecule has 1 unspecified atom stereocenters. The summed E-state index contributed by atoms with van der Waals surface area (Å²) in [6.45, 7) is 2.14. The van der Waals surface area contributed by atoms with E-state index >= 15 is 0 Å². The monoisotopic (exact) mass is 295 g/mol. The summed E-state index contributed by atoms with van der Waals surface area (Å²) >= 11 is 5.87. The molecule has 0 saturated heterocycles. The number of hydrogen-bond acceptors (Lipinski definition) is 2. The van der Waals surface area contributed by atoms with E-state index in [0.717, 1.165) is 19.3 Å². The SMILES string of the molecule is CCC1CCC(C#N)(C(O)c2cc(Cl)ccc2F)CC1. The van der Waals surface area contributed by atoms with Gasteiger partial charge in [-0.05, 0) is 49.8 Å². The van der Waals surface area contributed by atoms with Crippen LogP contribution in [0.2, 0.25) is 5.02 Å². The van der Waals surface area contributed by atoms with Crippen molar-refractivity contribution in [2.24, 2.45) is 11.3 Å². The van der Waals surface area contributed by atoms with Gasteiger partial charge < -0.3 is 5.11 Å². The van der Waals surface area contributed by atoms with Crippen LogP contribution in [0.1, 0.15) is 50.7 Å². The van der Waals surface area contributed by atoms with Crippen molar-refractivity contribution in [2.45, 2.75) is 45.1 Å². The van der Waals surface area contributed by atoms with Crippen LogP contribution in [0.15, 0.2) is 18.2 Å². The third-order valence-electron chi connectivity index (χ3n) is 4.57. The van der Waals surface area contributed by atoms with Gasteiger partial charge in [0, 0.05) is 10.6 Å². The smallest absolute Gasteiger partial charge is 0.129 e. The Bertz CT molecular complexity index is 518. The highest BCUT2D eigenvalue weighted by molar-refractivity contribution is 6.30. The molecule has 0 heterocycles. The van der Waals surface area contributed by atoms with Crippen LogP contribution in [-0.4, -0.2) is 5.11 Å². The van der Waals surface area contributed by atoms with Gasteiger partial charge in [-0.1, -0.05) is 24.9 Å². The second kappa shape index (κ2) is 6.11. The van der Waals surface area contributed by atoms with Crippen molar-refractivity contribution in [1.82, 2.24) is 0 Å². The van der Waals surface area contributed by atoms with Gasteiger partial charge in [0.15, 0.2) is 0 Å². The number of halogens is 2. The average Bonchev–Trinajstić information content (AvgIpc) is 2.49. The molecule has 2 nitrogen and oxygen atoms in total. The molecule has 108 valence electrons. The zero-order valence-electron chi connectivity index (χ0n) is 11.6. The molecule has 1 aromatic rings. The molecule has 4 heteroatoms. The Morgan fingerprint density at radius 2 is 2.15 bits per heavy atom. The molecule has 1 aliphatic carbocycles. The molecule has 0 amide bonds. The zero-order valence-corrected chi connectivity index (χ0v) is 12.3. The number of benzene rings is 1. The predicted molar refractivity (Wildman–Crippen MR) is 76.7 cm³/mol. The zero-order chi connectivity index (χ0) is 14.8. The predicted octanol–water partition coefficient (Wildman–Crippen LogP) is 4.62. The maximum Gasteiger partial charge on any atom is 0.129 e. The lowest BCUT2D eigenvalue weighted by atomic mass is 9.66. The third kappa shape index (κ3) is 2.82. The van der Waals surface area contributed by atoms with Crippen molar-refractivity contribution in [3.8, 4) is 6.07 Å². The largest absolute Gasteiger partial charge is 0.387 e. The highest BCUT2D eigenvalue weighted by Gasteiger charge is 2.43.